The lowest BCUT2D eigenvalue weighted by Crippen LogP contribution is -1.94. The van der Waals surface area contributed by atoms with E-state index < -0.39 is 0 Å². The van der Waals surface area contributed by atoms with Crippen LogP contribution in [0.3, 0.4) is 0 Å². The molecule has 0 aromatic carbocycles. The molecule has 0 radical (unpaired) electrons. The molecule has 7 heteroatoms. The van der Waals surface area contributed by atoms with Crippen molar-refractivity contribution in [2.24, 2.45) is 0 Å². The zero-order valence-corrected chi connectivity index (χ0v) is 10.6. The van der Waals surface area contributed by atoms with Gasteiger partial charge in [0, 0.05) is 0 Å². The molecule has 2 N–H and O–H groups in total. The molecular formula is C14H9N3O4. The van der Waals surface area contributed by atoms with Crippen LogP contribution in [0.25, 0.3) is 33.9 Å². The van der Waals surface area contributed by atoms with Crippen molar-refractivity contribution in [3.05, 3.63) is 43.1 Å². The van der Waals surface area contributed by atoms with Crippen LogP contribution in [0.15, 0.2) is 56.4 Å². The van der Waals surface area contributed by atoms with Gasteiger partial charge in [0.05, 0.1) is 23.5 Å². The van der Waals surface area contributed by atoms with Crippen LogP contribution in [-0.2, 0) is 0 Å². The fourth-order valence-corrected chi connectivity index (χ4v) is 2.26. The van der Waals surface area contributed by atoms with E-state index in [4.69, 9.17) is 13.3 Å². The number of furan rings is 3. The minimum Gasteiger partial charge on any atom is -0.464 e. The predicted molar refractivity (Wildman–Crippen MR) is 72.6 cm³/mol. The Morgan fingerprint density at radius 2 is 1.76 bits per heavy atom. The highest BCUT2D eigenvalue weighted by Gasteiger charge is 2.24. The number of rotatable bonds is 3. The number of fused-ring (bicyclic) bond motifs is 1. The van der Waals surface area contributed by atoms with Crippen LogP contribution in [0.1, 0.15) is 0 Å². The first-order valence-electron chi connectivity index (χ1n) is 6.14. The van der Waals surface area contributed by atoms with Gasteiger partial charge < -0.3 is 13.3 Å². The maximum Gasteiger partial charge on any atom is 0.232 e. The lowest BCUT2D eigenvalue weighted by Gasteiger charge is -2.00. The zero-order valence-electron chi connectivity index (χ0n) is 10.6. The summed E-state index contributed by atoms with van der Waals surface area (Å²) in [6.07, 6.45) is 4.39. The topological polar surface area (TPSA) is 97.5 Å². The molecule has 0 bridgehead atoms. The van der Waals surface area contributed by atoms with Gasteiger partial charge in [-0.2, -0.15) is 0 Å². The number of hydrogen-bond acceptors (Lipinski definition) is 7. The Labute approximate surface area is 117 Å². The van der Waals surface area contributed by atoms with Gasteiger partial charge in [0.15, 0.2) is 17.3 Å². The number of aromatic nitrogens is 2. The number of hydrogen-bond donors (Lipinski definition) is 2. The largest absolute Gasteiger partial charge is 0.464 e. The van der Waals surface area contributed by atoms with Crippen molar-refractivity contribution in [2.75, 3.05) is 5.48 Å². The van der Waals surface area contributed by atoms with E-state index in [0.717, 1.165) is 0 Å². The molecule has 0 saturated heterocycles. The molecule has 104 valence electrons. The Bertz CT molecular complexity index is 879. The van der Waals surface area contributed by atoms with Crippen molar-refractivity contribution in [3.63, 3.8) is 0 Å². The minimum absolute atomic E-state index is 0.230. The van der Waals surface area contributed by atoms with Crippen LogP contribution in [0.5, 0.6) is 0 Å². The van der Waals surface area contributed by atoms with Crippen molar-refractivity contribution in [1.29, 1.82) is 0 Å². The molecule has 4 rings (SSSR count). The highest BCUT2D eigenvalue weighted by Crippen LogP contribution is 2.42. The molecule has 0 aliphatic heterocycles. The van der Waals surface area contributed by atoms with E-state index >= 15 is 0 Å². The van der Waals surface area contributed by atoms with Gasteiger partial charge in [0.25, 0.3) is 0 Å². The molecule has 0 aliphatic carbocycles. The van der Waals surface area contributed by atoms with E-state index in [-0.39, 0.29) is 5.82 Å². The predicted octanol–water partition coefficient (Wildman–Crippen LogP) is 3.54. The van der Waals surface area contributed by atoms with Gasteiger partial charge in [-0.05, 0) is 24.3 Å². The summed E-state index contributed by atoms with van der Waals surface area (Å²) >= 11 is 0. The van der Waals surface area contributed by atoms with Gasteiger partial charge in [-0.3, -0.25) is 10.7 Å². The first-order chi connectivity index (χ1) is 10.4. The fraction of sp³-hybridized carbons (Fsp3) is 0. The summed E-state index contributed by atoms with van der Waals surface area (Å²) in [5, 5.41) is 9.78. The normalized spacial score (nSPS) is 11.1. The van der Waals surface area contributed by atoms with Gasteiger partial charge in [-0.25, -0.2) is 9.97 Å². The van der Waals surface area contributed by atoms with Gasteiger partial charge in [-0.15, -0.1) is 0 Å². The lowest BCUT2D eigenvalue weighted by molar-refractivity contribution is 0.386. The molecule has 0 aliphatic rings. The third kappa shape index (κ3) is 1.72. The van der Waals surface area contributed by atoms with Crippen LogP contribution in [0.2, 0.25) is 0 Å². The molecule has 7 nitrogen and oxygen atoms in total. The number of nitrogens with zero attached hydrogens (tertiary/aromatic N) is 2. The molecule has 0 atom stereocenters. The smallest absolute Gasteiger partial charge is 0.232 e. The van der Waals surface area contributed by atoms with Crippen molar-refractivity contribution in [2.45, 2.75) is 0 Å². The Kier molecular flexibility index (Phi) is 2.51. The Morgan fingerprint density at radius 1 is 1.00 bits per heavy atom. The Hall–Kier alpha value is -3.06. The fourth-order valence-electron chi connectivity index (χ4n) is 2.26. The summed E-state index contributed by atoms with van der Waals surface area (Å²) in [4.78, 5) is 8.06. The summed E-state index contributed by atoms with van der Waals surface area (Å²) in [7, 11) is 0. The molecule has 0 spiro atoms. The number of anilines is 1. The van der Waals surface area contributed by atoms with Crippen molar-refractivity contribution in [3.8, 4) is 22.8 Å². The standard InChI is InChI=1S/C14H9N3O4/c18-17-13-11-10(8-3-1-5-19-8)12(9-4-2-6-20-9)21-14(11)16-7-15-13/h1-7,18H,(H,15,16,17). The molecule has 4 heterocycles. The summed E-state index contributed by atoms with van der Waals surface area (Å²) in [6.45, 7) is 0. The van der Waals surface area contributed by atoms with Crippen LogP contribution in [0.4, 0.5) is 5.82 Å². The quantitative estimate of drug-likeness (QED) is 0.555. The van der Waals surface area contributed by atoms with E-state index in [1.165, 1.54) is 6.33 Å². The first-order valence-corrected chi connectivity index (χ1v) is 6.14. The van der Waals surface area contributed by atoms with Crippen LogP contribution in [0, 0.1) is 0 Å². The molecule has 0 saturated carbocycles. The average Bonchev–Trinajstić information content (AvgIpc) is 3.24. The van der Waals surface area contributed by atoms with E-state index in [1.807, 2.05) is 5.48 Å². The monoisotopic (exact) mass is 283 g/mol. The molecule has 21 heavy (non-hydrogen) atoms. The summed E-state index contributed by atoms with van der Waals surface area (Å²) in [6, 6.07) is 7.07. The highest BCUT2D eigenvalue weighted by molar-refractivity contribution is 6.04. The van der Waals surface area contributed by atoms with Crippen LogP contribution < -0.4 is 5.48 Å². The van der Waals surface area contributed by atoms with Crippen LogP contribution >= 0.6 is 0 Å². The second kappa shape index (κ2) is 4.50. The van der Waals surface area contributed by atoms with E-state index in [2.05, 4.69) is 9.97 Å². The SMILES string of the molecule is ONc1ncnc2oc(-c3ccco3)c(-c3ccco3)c12. The zero-order chi connectivity index (χ0) is 14.2. The first kappa shape index (κ1) is 11.7. The Morgan fingerprint density at radius 3 is 2.43 bits per heavy atom. The van der Waals surface area contributed by atoms with Gasteiger partial charge in [0.2, 0.25) is 5.71 Å². The van der Waals surface area contributed by atoms with E-state index in [9.17, 15) is 5.21 Å². The Balaban J connectivity index is 2.13. The van der Waals surface area contributed by atoms with E-state index in [1.54, 1.807) is 36.8 Å². The minimum atomic E-state index is 0.230. The molecule has 0 fully saturated rings. The van der Waals surface area contributed by atoms with Crippen molar-refractivity contribution in [1.82, 2.24) is 9.97 Å². The highest BCUT2D eigenvalue weighted by atomic mass is 16.5. The lowest BCUT2D eigenvalue weighted by atomic mass is 10.1. The molecule has 4 aromatic heterocycles. The molecule has 4 aromatic rings. The maximum atomic E-state index is 9.26. The number of nitrogens with one attached hydrogen (secondary N) is 1. The van der Waals surface area contributed by atoms with Gasteiger partial charge >= 0.3 is 0 Å². The second-order valence-corrected chi connectivity index (χ2v) is 4.28. The molecular weight excluding hydrogens is 274 g/mol. The second-order valence-electron chi connectivity index (χ2n) is 4.28. The van der Waals surface area contributed by atoms with Gasteiger partial charge in [-0.1, -0.05) is 0 Å². The molecule has 0 unspecified atom stereocenters. The third-order valence-corrected chi connectivity index (χ3v) is 3.11. The van der Waals surface area contributed by atoms with Crippen LogP contribution in [-0.4, -0.2) is 15.2 Å². The third-order valence-electron chi connectivity index (χ3n) is 3.11. The summed E-state index contributed by atoms with van der Waals surface area (Å²) in [5.41, 5.74) is 2.98. The van der Waals surface area contributed by atoms with E-state index in [0.29, 0.717) is 33.9 Å². The maximum absolute atomic E-state index is 9.26. The molecule has 0 amide bonds. The average molecular weight is 283 g/mol. The van der Waals surface area contributed by atoms with Crippen molar-refractivity contribution >= 4 is 16.9 Å². The van der Waals surface area contributed by atoms with Crippen molar-refractivity contribution < 1.29 is 18.5 Å². The van der Waals surface area contributed by atoms with Gasteiger partial charge in [0.1, 0.15) is 12.1 Å². The summed E-state index contributed by atoms with van der Waals surface area (Å²) in [5.74, 6) is 1.78. The summed E-state index contributed by atoms with van der Waals surface area (Å²) < 4.78 is 16.6.